The lowest BCUT2D eigenvalue weighted by Gasteiger charge is -2.11. The quantitative estimate of drug-likeness (QED) is 0.178. The molecule has 0 unspecified atom stereocenters. The number of ether oxygens (including phenoxy) is 3. The molecule has 1 saturated heterocycles. The average Bonchev–Trinajstić information content (AvgIpc) is 3.28. The van der Waals surface area contributed by atoms with E-state index in [1.54, 1.807) is 31.4 Å². The summed E-state index contributed by atoms with van der Waals surface area (Å²) in [5.41, 5.74) is 3.03. The highest BCUT2D eigenvalue weighted by molar-refractivity contribution is 5.97. The third kappa shape index (κ3) is 10.6. The Morgan fingerprint density at radius 3 is 2.68 bits per heavy atom. The van der Waals surface area contributed by atoms with E-state index in [4.69, 9.17) is 14.2 Å². The molecular weight excluding hydrogens is 404 g/mol. The average molecular weight is 434 g/mol. The van der Waals surface area contributed by atoms with Crippen molar-refractivity contribution in [2.24, 2.45) is 5.10 Å². The van der Waals surface area contributed by atoms with E-state index in [2.05, 4.69) is 21.2 Å². The second kappa shape index (κ2) is 14.1. The van der Waals surface area contributed by atoms with Gasteiger partial charge in [-0.15, -0.1) is 0 Å². The van der Waals surface area contributed by atoms with Crippen molar-refractivity contribution in [3.63, 3.8) is 0 Å². The number of carbonyl (C=O) groups is 3. The van der Waals surface area contributed by atoms with E-state index in [1.807, 2.05) is 0 Å². The topological polar surface area (TPSA) is 127 Å². The van der Waals surface area contributed by atoms with Crippen LogP contribution in [0.4, 0.5) is 0 Å². The SMILES string of the molecule is COCCCNC(=O)CC(=O)N/N=C/c1ccc(OCC(=O)NC[C@H]2CCCO2)cc1. The van der Waals surface area contributed by atoms with Crippen molar-refractivity contribution in [3.05, 3.63) is 29.8 Å². The minimum absolute atomic E-state index is 0.0796. The third-order valence-electron chi connectivity index (χ3n) is 4.37. The molecule has 1 aromatic carbocycles. The van der Waals surface area contributed by atoms with Crippen LogP contribution in [-0.2, 0) is 23.9 Å². The van der Waals surface area contributed by atoms with Crippen LogP contribution in [0.2, 0.25) is 0 Å². The maximum atomic E-state index is 11.8. The summed E-state index contributed by atoms with van der Waals surface area (Å²) in [5, 5.41) is 9.24. The maximum absolute atomic E-state index is 11.8. The van der Waals surface area contributed by atoms with Crippen molar-refractivity contribution in [3.8, 4) is 5.75 Å². The third-order valence-corrected chi connectivity index (χ3v) is 4.37. The van der Waals surface area contributed by atoms with Crippen LogP contribution in [0.25, 0.3) is 0 Å². The van der Waals surface area contributed by atoms with E-state index in [-0.39, 0.29) is 30.9 Å². The summed E-state index contributed by atoms with van der Waals surface area (Å²) in [6, 6.07) is 6.86. The summed E-state index contributed by atoms with van der Waals surface area (Å²) in [6.45, 7) is 2.17. The fourth-order valence-corrected chi connectivity index (χ4v) is 2.75. The number of nitrogens with one attached hydrogen (secondary N) is 3. The fourth-order valence-electron chi connectivity index (χ4n) is 2.75. The lowest BCUT2D eigenvalue weighted by molar-refractivity contribution is -0.129. The first-order valence-corrected chi connectivity index (χ1v) is 10.3. The van der Waals surface area contributed by atoms with Gasteiger partial charge in [0.2, 0.25) is 11.8 Å². The van der Waals surface area contributed by atoms with Crippen molar-refractivity contribution in [1.29, 1.82) is 0 Å². The van der Waals surface area contributed by atoms with E-state index in [0.717, 1.165) is 25.0 Å². The predicted molar refractivity (Wildman–Crippen MR) is 114 cm³/mol. The van der Waals surface area contributed by atoms with Crippen molar-refractivity contribution in [2.45, 2.75) is 31.8 Å². The van der Waals surface area contributed by atoms with E-state index >= 15 is 0 Å². The molecule has 2 rings (SSSR count). The van der Waals surface area contributed by atoms with Gasteiger partial charge in [0.15, 0.2) is 6.61 Å². The van der Waals surface area contributed by atoms with Crippen LogP contribution in [0.1, 0.15) is 31.2 Å². The Morgan fingerprint density at radius 1 is 1.16 bits per heavy atom. The smallest absolute Gasteiger partial charge is 0.258 e. The lowest BCUT2D eigenvalue weighted by atomic mass is 10.2. The molecule has 0 bridgehead atoms. The zero-order valence-corrected chi connectivity index (χ0v) is 17.7. The highest BCUT2D eigenvalue weighted by Gasteiger charge is 2.16. The summed E-state index contributed by atoms with van der Waals surface area (Å²) in [5.74, 6) is -0.537. The molecule has 31 heavy (non-hydrogen) atoms. The minimum atomic E-state index is -0.505. The Labute approximate surface area is 181 Å². The van der Waals surface area contributed by atoms with Crippen LogP contribution in [0, 0.1) is 0 Å². The number of carbonyl (C=O) groups excluding carboxylic acids is 3. The number of benzene rings is 1. The Kier molecular flexibility index (Phi) is 11.0. The highest BCUT2D eigenvalue weighted by atomic mass is 16.5. The van der Waals surface area contributed by atoms with Crippen LogP contribution < -0.4 is 20.8 Å². The van der Waals surface area contributed by atoms with E-state index in [0.29, 0.717) is 31.9 Å². The van der Waals surface area contributed by atoms with Gasteiger partial charge in [0.1, 0.15) is 12.2 Å². The molecule has 1 aromatic rings. The Balaban J connectivity index is 1.62. The highest BCUT2D eigenvalue weighted by Crippen LogP contribution is 2.12. The molecule has 0 radical (unpaired) electrons. The number of hydrogen-bond acceptors (Lipinski definition) is 7. The number of hydrogen-bond donors (Lipinski definition) is 3. The maximum Gasteiger partial charge on any atom is 0.258 e. The standard InChI is InChI=1S/C21H30N4O6/c1-29-10-3-9-22-19(26)12-20(27)25-24-13-16-5-7-17(8-6-16)31-15-21(28)23-14-18-4-2-11-30-18/h5-8,13,18H,2-4,9-12,14-15H2,1H3,(H,22,26)(H,23,28)(H,25,27)/b24-13+/t18-/m1/s1. The van der Waals surface area contributed by atoms with Crippen molar-refractivity contribution >= 4 is 23.9 Å². The van der Waals surface area contributed by atoms with Crippen molar-refractivity contribution in [1.82, 2.24) is 16.1 Å². The van der Waals surface area contributed by atoms with E-state index in [9.17, 15) is 14.4 Å². The molecule has 1 heterocycles. The van der Waals surface area contributed by atoms with Crippen molar-refractivity contribution < 1.29 is 28.6 Å². The van der Waals surface area contributed by atoms with Crippen LogP contribution in [-0.4, -0.2) is 70.1 Å². The normalized spacial score (nSPS) is 15.6. The summed E-state index contributed by atoms with van der Waals surface area (Å²) in [4.78, 5) is 35.1. The van der Waals surface area contributed by atoms with Gasteiger partial charge in [-0.2, -0.15) is 5.10 Å². The first-order chi connectivity index (χ1) is 15.1. The Morgan fingerprint density at radius 2 is 1.97 bits per heavy atom. The first kappa shape index (κ1) is 24.3. The molecular formula is C21H30N4O6. The second-order valence-corrected chi connectivity index (χ2v) is 6.96. The lowest BCUT2D eigenvalue weighted by Crippen LogP contribution is -2.35. The van der Waals surface area contributed by atoms with Crippen LogP contribution >= 0.6 is 0 Å². The molecule has 0 aromatic heterocycles. The van der Waals surface area contributed by atoms with Gasteiger partial charge in [0.05, 0.1) is 12.3 Å². The largest absolute Gasteiger partial charge is 0.484 e. The monoisotopic (exact) mass is 434 g/mol. The second-order valence-electron chi connectivity index (χ2n) is 6.96. The van der Waals surface area contributed by atoms with Gasteiger partial charge >= 0.3 is 0 Å². The summed E-state index contributed by atoms with van der Waals surface area (Å²) in [6.07, 6.45) is 3.92. The number of methoxy groups -OCH3 is 1. The number of nitrogens with zero attached hydrogens (tertiary/aromatic N) is 1. The number of hydrazone groups is 1. The molecule has 3 N–H and O–H groups in total. The molecule has 10 heteroatoms. The summed E-state index contributed by atoms with van der Waals surface area (Å²) < 4.78 is 15.8. The Bertz CT molecular complexity index is 732. The van der Waals surface area contributed by atoms with E-state index < -0.39 is 5.91 Å². The summed E-state index contributed by atoms with van der Waals surface area (Å²) >= 11 is 0. The molecule has 0 aliphatic carbocycles. The van der Waals surface area contributed by atoms with Gasteiger partial charge in [-0.25, -0.2) is 5.43 Å². The molecule has 1 aliphatic heterocycles. The molecule has 1 atom stereocenters. The number of amides is 3. The van der Waals surface area contributed by atoms with Gasteiger partial charge in [0, 0.05) is 33.4 Å². The van der Waals surface area contributed by atoms with E-state index in [1.165, 1.54) is 6.21 Å². The van der Waals surface area contributed by atoms with Gasteiger partial charge < -0.3 is 24.8 Å². The molecule has 1 fully saturated rings. The molecule has 10 nitrogen and oxygen atoms in total. The summed E-state index contributed by atoms with van der Waals surface area (Å²) in [7, 11) is 1.58. The van der Waals surface area contributed by atoms with Gasteiger partial charge in [0.25, 0.3) is 5.91 Å². The van der Waals surface area contributed by atoms with Crippen LogP contribution in [0.5, 0.6) is 5.75 Å². The molecule has 170 valence electrons. The molecule has 0 saturated carbocycles. The zero-order chi connectivity index (χ0) is 22.3. The zero-order valence-electron chi connectivity index (χ0n) is 17.7. The minimum Gasteiger partial charge on any atom is -0.484 e. The predicted octanol–water partition coefficient (Wildman–Crippen LogP) is 0.354. The number of rotatable bonds is 13. The Hall–Kier alpha value is -2.98. The van der Waals surface area contributed by atoms with Gasteiger partial charge in [-0.3, -0.25) is 14.4 Å². The van der Waals surface area contributed by atoms with Crippen LogP contribution in [0.15, 0.2) is 29.4 Å². The first-order valence-electron chi connectivity index (χ1n) is 10.3. The fraction of sp³-hybridized carbons (Fsp3) is 0.524. The molecule has 0 spiro atoms. The molecule has 1 aliphatic rings. The van der Waals surface area contributed by atoms with Gasteiger partial charge in [-0.05, 0) is 49.1 Å². The molecule has 3 amide bonds. The van der Waals surface area contributed by atoms with Gasteiger partial charge in [-0.1, -0.05) is 0 Å². The van der Waals surface area contributed by atoms with Crippen molar-refractivity contribution in [2.75, 3.05) is 40.0 Å². The van der Waals surface area contributed by atoms with Crippen LogP contribution in [0.3, 0.4) is 0 Å².